The van der Waals surface area contributed by atoms with E-state index in [9.17, 15) is 9.59 Å². The van der Waals surface area contributed by atoms with Crippen molar-refractivity contribution < 1.29 is 19.1 Å². The van der Waals surface area contributed by atoms with Crippen LogP contribution in [0.2, 0.25) is 5.02 Å². The van der Waals surface area contributed by atoms with Crippen LogP contribution in [0.15, 0.2) is 24.3 Å². The molecule has 3 rings (SSSR count). The normalized spacial score (nSPS) is 14.5. The number of ether oxygens (including phenoxy) is 2. The van der Waals surface area contributed by atoms with Crippen LogP contribution in [0.4, 0.5) is 4.79 Å². The van der Waals surface area contributed by atoms with Gasteiger partial charge in [0.2, 0.25) is 5.91 Å². The lowest BCUT2D eigenvalue weighted by molar-refractivity contribution is -0.122. The minimum Gasteiger partial charge on any atom is -0.486 e. The van der Waals surface area contributed by atoms with Gasteiger partial charge in [0.25, 0.3) is 0 Å². The summed E-state index contributed by atoms with van der Waals surface area (Å²) < 4.78 is 12.0. The van der Waals surface area contributed by atoms with Crippen molar-refractivity contribution in [3.63, 3.8) is 0 Å². The van der Waals surface area contributed by atoms with E-state index in [0.717, 1.165) is 0 Å². The first-order valence-electron chi connectivity index (χ1n) is 9.39. The number of carbonyl (C=O) groups is 2. The van der Waals surface area contributed by atoms with Crippen molar-refractivity contribution in [2.24, 2.45) is 0 Å². The molecular formula is C18H23ClN6O4. The lowest BCUT2D eigenvalue weighted by Gasteiger charge is -2.31. The van der Waals surface area contributed by atoms with Gasteiger partial charge in [-0.05, 0) is 54.5 Å². The summed E-state index contributed by atoms with van der Waals surface area (Å²) in [6, 6.07) is 6.93. The lowest BCUT2D eigenvalue weighted by atomic mass is 10.1. The van der Waals surface area contributed by atoms with Crippen molar-refractivity contribution in [2.75, 3.05) is 19.7 Å². The highest BCUT2D eigenvalue weighted by molar-refractivity contribution is 6.30. The third-order valence-electron chi connectivity index (χ3n) is 4.47. The van der Waals surface area contributed by atoms with Gasteiger partial charge in [0.05, 0.1) is 6.61 Å². The average Bonchev–Trinajstić information content (AvgIpc) is 3.15. The van der Waals surface area contributed by atoms with Gasteiger partial charge >= 0.3 is 6.09 Å². The fourth-order valence-corrected chi connectivity index (χ4v) is 3.08. The second kappa shape index (κ2) is 10.1. The largest absolute Gasteiger partial charge is 0.486 e. The van der Waals surface area contributed by atoms with Crippen molar-refractivity contribution in [1.82, 2.24) is 30.4 Å². The number of nitrogens with zero attached hydrogens (tertiary/aromatic N) is 5. The molecule has 0 radical (unpaired) electrons. The first-order valence-corrected chi connectivity index (χ1v) is 9.77. The monoisotopic (exact) mass is 422 g/mol. The minimum atomic E-state index is -0.309. The van der Waals surface area contributed by atoms with Crippen molar-refractivity contribution in [2.45, 2.75) is 39.0 Å². The van der Waals surface area contributed by atoms with Crippen LogP contribution in [0.1, 0.15) is 25.6 Å². The molecule has 1 saturated heterocycles. The zero-order valence-electron chi connectivity index (χ0n) is 16.1. The van der Waals surface area contributed by atoms with Crippen LogP contribution >= 0.6 is 11.6 Å². The van der Waals surface area contributed by atoms with E-state index in [2.05, 4.69) is 20.8 Å². The SMILES string of the molecule is CCOC(=O)N1CCC(NC(=O)Cn2nnnc2COc2ccc(Cl)cc2)CC1. The van der Waals surface area contributed by atoms with E-state index in [1.165, 1.54) is 4.68 Å². The Hall–Kier alpha value is -2.88. The van der Waals surface area contributed by atoms with E-state index < -0.39 is 0 Å². The Bertz CT molecular complexity index is 820. The number of halogens is 1. The molecule has 0 unspecified atom stereocenters. The highest BCUT2D eigenvalue weighted by atomic mass is 35.5. The van der Waals surface area contributed by atoms with E-state index in [0.29, 0.717) is 49.1 Å². The number of tetrazole rings is 1. The summed E-state index contributed by atoms with van der Waals surface area (Å²) in [7, 11) is 0. The van der Waals surface area contributed by atoms with Gasteiger partial charge in [0.1, 0.15) is 18.9 Å². The van der Waals surface area contributed by atoms with E-state index in [-0.39, 0.29) is 31.2 Å². The standard InChI is InChI=1S/C18H23ClN6O4/c1-2-28-18(27)24-9-7-14(8-10-24)20-17(26)11-25-16(21-22-23-25)12-29-15-5-3-13(19)4-6-15/h3-6,14H,2,7-12H2,1H3,(H,20,26). The first kappa shape index (κ1) is 20.8. The Kier molecular flexibility index (Phi) is 7.23. The van der Waals surface area contributed by atoms with E-state index >= 15 is 0 Å². The van der Waals surface area contributed by atoms with Crippen LogP contribution in [0.3, 0.4) is 0 Å². The summed E-state index contributed by atoms with van der Waals surface area (Å²) in [5.74, 6) is 0.869. The highest BCUT2D eigenvalue weighted by Crippen LogP contribution is 2.16. The van der Waals surface area contributed by atoms with Crippen LogP contribution in [-0.4, -0.2) is 62.8 Å². The number of benzene rings is 1. The molecule has 156 valence electrons. The van der Waals surface area contributed by atoms with Crippen molar-refractivity contribution >= 4 is 23.6 Å². The summed E-state index contributed by atoms with van der Waals surface area (Å²) in [5.41, 5.74) is 0. The molecule has 1 aliphatic rings. The van der Waals surface area contributed by atoms with Gasteiger partial charge < -0.3 is 19.7 Å². The predicted octanol–water partition coefficient (Wildman–Crippen LogP) is 1.64. The number of nitrogens with one attached hydrogen (secondary N) is 1. The summed E-state index contributed by atoms with van der Waals surface area (Å²) >= 11 is 5.85. The molecule has 0 spiro atoms. The van der Waals surface area contributed by atoms with Crippen LogP contribution < -0.4 is 10.1 Å². The van der Waals surface area contributed by atoms with Crippen LogP contribution in [0.5, 0.6) is 5.75 Å². The van der Waals surface area contributed by atoms with E-state index in [1.54, 1.807) is 36.1 Å². The molecule has 2 amide bonds. The van der Waals surface area contributed by atoms with E-state index in [4.69, 9.17) is 21.1 Å². The molecule has 0 atom stereocenters. The third-order valence-corrected chi connectivity index (χ3v) is 4.72. The van der Waals surface area contributed by atoms with Gasteiger partial charge in [0, 0.05) is 24.2 Å². The highest BCUT2D eigenvalue weighted by Gasteiger charge is 2.25. The van der Waals surface area contributed by atoms with Gasteiger partial charge in [-0.15, -0.1) is 5.10 Å². The van der Waals surface area contributed by atoms with Crippen molar-refractivity contribution in [3.8, 4) is 5.75 Å². The molecule has 1 fully saturated rings. The molecule has 1 N–H and O–H groups in total. The summed E-state index contributed by atoms with van der Waals surface area (Å²) in [5, 5.41) is 15.0. The number of hydrogen-bond acceptors (Lipinski definition) is 7. The Morgan fingerprint density at radius 3 is 2.66 bits per heavy atom. The number of hydrogen-bond donors (Lipinski definition) is 1. The molecule has 0 bridgehead atoms. The van der Waals surface area contributed by atoms with Gasteiger partial charge in [-0.2, -0.15) is 0 Å². The molecular weight excluding hydrogens is 400 g/mol. The van der Waals surface area contributed by atoms with Crippen molar-refractivity contribution in [3.05, 3.63) is 35.1 Å². The topological polar surface area (TPSA) is 111 Å². The fourth-order valence-electron chi connectivity index (χ4n) is 2.96. The van der Waals surface area contributed by atoms with E-state index in [1.807, 2.05) is 0 Å². The Morgan fingerprint density at radius 1 is 1.24 bits per heavy atom. The zero-order chi connectivity index (χ0) is 20.6. The van der Waals surface area contributed by atoms with Crippen LogP contribution in [0.25, 0.3) is 0 Å². The zero-order valence-corrected chi connectivity index (χ0v) is 16.8. The number of rotatable bonds is 7. The second-order valence-electron chi connectivity index (χ2n) is 6.52. The maximum absolute atomic E-state index is 12.4. The fraction of sp³-hybridized carbons (Fsp3) is 0.500. The predicted molar refractivity (Wildman–Crippen MR) is 103 cm³/mol. The molecule has 0 saturated carbocycles. The number of carbonyl (C=O) groups excluding carboxylic acids is 2. The quantitative estimate of drug-likeness (QED) is 0.721. The van der Waals surface area contributed by atoms with Gasteiger partial charge in [0.15, 0.2) is 5.82 Å². The number of piperidine rings is 1. The number of amides is 2. The van der Waals surface area contributed by atoms with Crippen LogP contribution in [0, 0.1) is 0 Å². The van der Waals surface area contributed by atoms with Gasteiger partial charge in [-0.1, -0.05) is 11.6 Å². The number of likely N-dealkylation sites (tertiary alicyclic amines) is 1. The Balaban J connectivity index is 1.45. The summed E-state index contributed by atoms with van der Waals surface area (Å²) in [6.45, 7) is 3.35. The van der Waals surface area contributed by atoms with Crippen molar-refractivity contribution in [1.29, 1.82) is 0 Å². The molecule has 1 aromatic heterocycles. The van der Waals surface area contributed by atoms with Gasteiger partial charge in [-0.25, -0.2) is 9.48 Å². The first-order chi connectivity index (χ1) is 14.0. The smallest absolute Gasteiger partial charge is 0.409 e. The summed E-state index contributed by atoms with van der Waals surface area (Å²) in [6.07, 6.45) is 1.04. The maximum Gasteiger partial charge on any atom is 0.409 e. The molecule has 2 aromatic rings. The minimum absolute atomic E-state index is 0.00146. The molecule has 1 aliphatic heterocycles. The molecule has 10 nitrogen and oxygen atoms in total. The summed E-state index contributed by atoms with van der Waals surface area (Å²) in [4.78, 5) is 25.8. The average molecular weight is 423 g/mol. The molecule has 11 heteroatoms. The van der Waals surface area contributed by atoms with Gasteiger partial charge in [-0.3, -0.25) is 4.79 Å². The third kappa shape index (κ3) is 6.05. The molecule has 29 heavy (non-hydrogen) atoms. The molecule has 2 heterocycles. The Morgan fingerprint density at radius 2 is 1.97 bits per heavy atom. The molecule has 0 aliphatic carbocycles. The second-order valence-corrected chi connectivity index (χ2v) is 6.96. The van der Waals surface area contributed by atoms with Crippen LogP contribution in [-0.2, 0) is 22.7 Å². The molecule has 1 aromatic carbocycles. The maximum atomic E-state index is 12.4. The lowest BCUT2D eigenvalue weighted by Crippen LogP contribution is -2.47. The number of aromatic nitrogens is 4. The Labute approximate surface area is 173 Å².